The average Bonchev–Trinajstić information content (AvgIpc) is 2.09. The summed E-state index contributed by atoms with van der Waals surface area (Å²) in [7, 11) is 0. The van der Waals surface area contributed by atoms with E-state index in [1.54, 1.807) is 0 Å². The van der Waals surface area contributed by atoms with Gasteiger partial charge in [-0.15, -0.1) is 0 Å². The van der Waals surface area contributed by atoms with E-state index < -0.39 is 0 Å². The van der Waals surface area contributed by atoms with Gasteiger partial charge in [-0.3, -0.25) is 4.79 Å². The van der Waals surface area contributed by atoms with Crippen LogP contribution in [-0.2, 0) is 37.2 Å². The Morgan fingerprint density at radius 3 is 2.53 bits per heavy atom. The Labute approximate surface area is 131 Å². The third-order valence-corrected chi connectivity index (χ3v) is 3.12. The molecular weight excluding hydrogens is 424 g/mol. The zero-order valence-electron chi connectivity index (χ0n) is 11.3. The summed E-state index contributed by atoms with van der Waals surface area (Å²) in [5, 5.41) is 0. The van der Waals surface area contributed by atoms with E-state index in [0.29, 0.717) is 6.61 Å². The smallest absolute Gasteiger partial charge is 1.00 e. The van der Waals surface area contributed by atoms with Crippen LogP contribution < -0.4 is 12.4 Å². The molecule has 1 rings (SSSR count). The molecule has 0 aromatic carbocycles. The summed E-state index contributed by atoms with van der Waals surface area (Å²) in [6.45, 7) is 8.63. The van der Waals surface area contributed by atoms with Gasteiger partial charge in [-0.05, 0) is 31.6 Å². The fourth-order valence-electron chi connectivity index (χ4n) is 2.31. The largest absolute Gasteiger partial charge is 1.00 e. The molecule has 1 aliphatic rings. The van der Waals surface area contributed by atoms with Gasteiger partial charge in [-0.1, -0.05) is 25.0 Å². The number of carbonyl (C=O) groups is 1. The molecular formula is C13H21ClHgO2. The molecule has 0 N–H and O–H groups in total. The number of allylic oxidation sites excluding steroid dienone is 1. The van der Waals surface area contributed by atoms with Crippen LogP contribution in [0.5, 0.6) is 0 Å². The Hall–Kier alpha value is 0.435. The number of hydrogen-bond acceptors (Lipinski definition) is 2. The van der Waals surface area contributed by atoms with Gasteiger partial charge in [0.2, 0.25) is 0 Å². The molecule has 0 fully saturated rings. The van der Waals surface area contributed by atoms with Crippen molar-refractivity contribution in [1.82, 2.24) is 0 Å². The van der Waals surface area contributed by atoms with Gasteiger partial charge < -0.3 is 17.1 Å². The van der Waals surface area contributed by atoms with Crippen LogP contribution in [0.25, 0.3) is 0 Å². The Bertz CT molecular complexity index is 285. The second kappa shape index (κ2) is 8.52. The van der Waals surface area contributed by atoms with Gasteiger partial charge in [0.15, 0.2) is 0 Å². The summed E-state index contributed by atoms with van der Waals surface area (Å²) in [6, 6.07) is 0. The van der Waals surface area contributed by atoms with Gasteiger partial charge in [-0.25, -0.2) is 0 Å². The number of ether oxygens (including phenoxy) is 1. The standard InChI is InChI=1S/C13H21O2.ClH.Hg/c1-10-6-5-8-13(3,4)12(10)7-9-15-11(2)14;;/h8H,5-7,9H2,1-4H3;1H;/q;;+1/p-1. The van der Waals surface area contributed by atoms with Crippen LogP contribution in [0, 0.1) is 11.8 Å². The Morgan fingerprint density at radius 2 is 2.06 bits per heavy atom. The van der Waals surface area contributed by atoms with Crippen molar-refractivity contribution >= 4 is 5.97 Å². The fourth-order valence-corrected chi connectivity index (χ4v) is 2.31. The first-order valence-corrected chi connectivity index (χ1v) is 5.60. The van der Waals surface area contributed by atoms with Crippen LogP contribution >= 0.6 is 0 Å². The zero-order chi connectivity index (χ0) is 11.5. The van der Waals surface area contributed by atoms with Gasteiger partial charge in [0, 0.05) is 13.3 Å². The molecule has 0 amide bonds. The van der Waals surface area contributed by atoms with Crippen LogP contribution in [0.15, 0.2) is 11.1 Å². The first-order valence-electron chi connectivity index (χ1n) is 5.60. The van der Waals surface area contributed by atoms with Crippen molar-refractivity contribution in [1.29, 1.82) is 0 Å². The minimum absolute atomic E-state index is 0. The summed E-state index contributed by atoms with van der Waals surface area (Å²) in [5.74, 6) is -0.189. The molecule has 0 bridgehead atoms. The van der Waals surface area contributed by atoms with E-state index in [9.17, 15) is 4.79 Å². The normalized spacial score (nSPS) is 17.9. The second-order valence-electron chi connectivity index (χ2n) is 4.81. The van der Waals surface area contributed by atoms with Crippen molar-refractivity contribution in [2.24, 2.45) is 5.41 Å². The molecule has 0 heterocycles. The van der Waals surface area contributed by atoms with Crippen LogP contribution in [-0.4, -0.2) is 12.6 Å². The quantitative estimate of drug-likeness (QED) is 0.355. The van der Waals surface area contributed by atoms with Crippen molar-refractivity contribution < 1.29 is 49.6 Å². The van der Waals surface area contributed by atoms with Crippen LogP contribution in [0.4, 0.5) is 0 Å². The van der Waals surface area contributed by atoms with Crippen molar-refractivity contribution in [3.05, 3.63) is 17.6 Å². The number of carbonyl (C=O) groups excluding carboxylic acids is 1. The van der Waals surface area contributed by atoms with Crippen molar-refractivity contribution in [3.63, 3.8) is 0 Å². The molecule has 0 spiro atoms. The van der Waals surface area contributed by atoms with E-state index >= 15 is 0 Å². The molecule has 0 atom stereocenters. The fraction of sp³-hybridized carbons (Fsp3) is 0.692. The molecule has 4 heteroatoms. The van der Waals surface area contributed by atoms with E-state index in [-0.39, 0.29) is 51.5 Å². The maximum atomic E-state index is 10.7. The molecule has 0 aromatic heterocycles. The number of esters is 1. The Morgan fingerprint density at radius 1 is 1.47 bits per heavy atom. The molecule has 2 radical (unpaired) electrons. The van der Waals surface area contributed by atoms with Gasteiger partial charge in [-0.2, -0.15) is 0 Å². The molecule has 0 saturated carbocycles. The Kier molecular flexibility index (Phi) is 9.91. The minimum atomic E-state index is -0.189. The number of halogens is 1. The molecule has 0 saturated heterocycles. The van der Waals surface area contributed by atoms with Gasteiger partial charge in [0.05, 0.1) is 6.61 Å². The van der Waals surface area contributed by atoms with E-state index in [1.165, 1.54) is 18.1 Å². The third-order valence-electron chi connectivity index (χ3n) is 3.12. The molecule has 94 valence electrons. The van der Waals surface area contributed by atoms with Crippen molar-refractivity contribution in [2.75, 3.05) is 6.61 Å². The monoisotopic (exact) mass is 446 g/mol. The predicted octanol–water partition coefficient (Wildman–Crippen LogP) is 0.282. The summed E-state index contributed by atoms with van der Waals surface area (Å²) in [6.07, 6.45) is 5.55. The summed E-state index contributed by atoms with van der Waals surface area (Å²) >= 11 is 0. The first kappa shape index (κ1) is 19.8. The van der Waals surface area contributed by atoms with Crippen LogP contribution in [0.2, 0.25) is 0 Å². The molecule has 1 aliphatic carbocycles. The third kappa shape index (κ3) is 6.24. The summed E-state index contributed by atoms with van der Waals surface area (Å²) < 4.78 is 5.00. The zero-order valence-corrected chi connectivity index (χ0v) is 17.6. The van der Waals surface area contributed by atoms with Crippen molar-refractivity contribution in [2.45, 2.75) is 47.0 Å². The van der Waals surface area contributed by atoms with Crippen molar-refractivity contribution in [3.8, 4) is 0 Å². The average molecular weight is 445 g/mol. The first-order chi connectivity index (χ1) is 6.93. The predicted molar refractivity (Wildman–Crippen MR) is 61.3 cm³/mol. The summed E-state index contributed by atoms with van der Waals surface area (Å²) in [5.41, 5.74) is 3.08. The molecule has 0 aromatic rings. The van der Waals surface area contributed by atoms with Gasteiger partial charge >= 0.3 is 33.6 Å². The van der Waals surface area contributed by atoms with Gasteiger partial charge in [0.25, 0.3) is 0 Å². The summed E-state index contributed by atoms with van der Waals surface area (Å²) in [4.78, 5) is 10.7. The van der Waals surface area contributed by atoms with E-state index in [4.69, 9.17) is 4.74 Å². The molecule has 2 nitrogen and oxygen atoms in total. The molecule has 17 heavy (non-hydrogen) atoms. The maximum absolute atomic E-state index is 10.7. The van der Waals surface area contributed by atoms with Crippen LogP contribution in [0.3, 0.4) is 0 Å². The van der Waals surface area contributed by atoms with Crippen LogP contribution in [0.1, 0.15) is 47.0 Å². The molecule has 0 aliphatic heterocycles. The number of hydrogen-bond donors (Lipinski definition) is 0. The number of rotatable bonds is 3. The van der Waals surface area contributed by atoms with E-state index in [2.05, 4.69) is 27.2 Å². The SMILES string of the molecule is CC(=O)OCCC1=C(C)CC[CH]C1(C)C.[Cl-].[Hg+]. The van der Waals surface area contributed by atoms with Gasteiger partial charge in [0.1, 0.15) is 0 Å². The maximum Gasteiger partial charge on any atom is 1.00 e. The second-order valence-corrected chi connectivity index (χ2v) is 4.81. The van der Waals surface area contributed by atoms with E-state index in [1.807, 2.05) is 0 Å². The topological polar surface area (TPSA) is 26.3 Å². The van der Waals surface area contributed by atoms with E-state index in [0.717, 1.165) is 19.3 Å². The molecule has 0 unspecified atom stereocenters. The minimum Gasteiger partial charge on any atom is -1.00 e. The Balaban J connectivity index is 0.